The Hall–Kier alpha value is -2.04. The molecule has 3 nitrogen and oxygen atoms in total. The van der Waals surface area contributed by atoms with Crippen LogP contribution in [-0.2, 0) is 4.79 Å². The highest BCUT2D eigenvalue weighted by Crippen LogP contribution is 2.31. The van der Waals surface area contributed by atoms with Gasteiger partial charge in [-0.2, -0.15) is 0 Å². The minimum Gasteiger partial charge on any atom is -0.478 e. The van der Waals surface area contributed by atoms with Gasteiger partial charge in [-0.15, -0.1) is 0 Å². The van der Waals surface area contributed by atoms with Gasteiger partial charge in [-0.05, 0) is 36.4 Å². The number of aliphatic carboxylic acids is 1. The van der Waals surface area contributed by atoms with Crippen molar-refractivity contribution in [3.05, 3.63) is 63.9 Å². The fraction of sp³-hybridized carbons (Fsp3) is 0. The molecule has 0 spiro atoms. The molecule has 0 atom stereocenters. The summed E-state index contributed by atoms with van der Waals surface area (Å²) in [6.45, 7) is 0. The van der Waals surface area contributed by atoms with E-state index in [4.69, 9.17) is 33.0 Å². The summed E-state index contributed by atoms with van der Waals surface area (Å²) in [7, 11) is 0. The summed E-state index contributed by atoms with van der Waals surface area (Å²) >= 11 is 11.7. The first-order valence-corrected chi connectivity index (χ1v) is 6.55. The molecule has 0 unspecified atom stereocenters. The van der Waals surface area contributed by atoms with E-state index in [0.29, 0.717) is 27.1 Å². The zero-order chi connectivity index (χ0) is 15.4. The topological polar surface area (TPSA) is 46.5 Å². The number of hydrogen-bond donors (Lipinski definition) is 1. The number of carbonyl (C=O) groups is 1. The minimum atomic E-state index is -1.14. The lowest BCUT2D eigenvalue weighted by Gasteiger charge is -2.09. The molecule has 0 aliphatic rings. The zero-order valence-corrected chi connectivity index (χ0v) is 12.0. The number of hydrogen-bond acceptors (Lipinski definition) is 2. The van der Waals surface area contributed by atoms with Gasteiger partial charge in [0.15, 0.2) is 0 Å². The van der Waals surface area contributed by atoms with Crippen LogP contribution in [0.2, 0.25) is 10.0 Å². The fourth-order valence-electron chi connectivity index (χ4n) is 1.57. The van der Waals surface area contributed by atoms with Gasteiger partial charge in [-0.25, -0.2) is 9.18 Å². The van der Waals surface area contributed by atoms with E-state index in [2.05, 4.69) is 0 Å². The second-order valence-electron chi connectivity index (χ2n) is 4.03. The van der Waals surface area contributed by atoms with Gasteiger partial charge in [0.1, 0.15) is 17.3 Å². The minimum absolute atomic E-state index is 0.295. The quantitative estimate of drug-likeness (QED) is 0.802. The van der Waals surface area contributed by atoms with Crippen molar-refractivity contribution < 1.29 is 19.0 Å². The van der Waals surface area contributed by atoms with E-state index < -0.39 is 11.8 Å². The smallest absolute Gasteiger partial charge is 0.328 e. The molecule has 0 heterocycles. The number of carboxylic acids is 1. The molecular weight excluding hydrogens is 318 g/mol. The van der Waals surface area contributed by atoms with Crippen LogP contribution in [0.15, 0.2) is 42.5 Å². The summed E-state index contributed by atoms with van der Waals surface area (Å²) in [6.07, 6.45) is 2.15. The van der Waals surface area contributed by atoms with Gasteiger partial charge in [-0.1, -0.05) is 23.2 Å². The second-order valence-corrected chi connectivity index (χ2v) is 4.85. The Kier molecular flexibility index (Phi) is 4.83. The maximum Gasteiger partial charge on any atom is 0.328 e. The Morgan fingerprint density at radius 3 is 2.57 bits per heavy atom. The van der Waals surface area contributed by atoms with Gasteiger partial charge in [0.05, 0.1) is 10.0 Å². The molecule has 0 saturated carbocycles. The predicted octanol–water partition coefficient (Wildman–Crippen LogP) is 5.02. The van der Waals surface area contributed by atoms with Crippen LogP contribution in [0.4, 0.5) is 4.39 Å². The van der Waals surface area contributed by atoms with Gasteiger partial charge in [0.25, 0.3) is 0 Å². The number of halogens is 3. The maximum absolute atomic E-state index is 13.3. The third kappa shape index (κ3) is 4.21. The van der Waals surface area contributed by atoms with Gasteiger partial charge in [0, 0.05) is 17.7 Å². The Morgan fingerprint density at radius 1 is 1.14 bits per heavy atom. The normalized spacial score (nSPS) is 10.8. The van der Waals surface area contributed by atoms with Crippen LogP contribution in [0, 0.1) is 5.82 Å². The first-order valence-electron chi connectivity index (χ1n) is 5.79. The number of ether oxygens (including phenoxy) is 1. The molecule has 0 radical (unpaired) electrons. The van der Waals surface area contributed by atoms with Crippen molar-refractivity contribution in [1.29, 1.82) is 0 Å². The molecule has 0 bridgehead atoms. The van der Waals surface area contributed by atoms with E-state index in [9.17, 15) is 9.18 Å². The summed E-state index contributed by atoms with van der Waals surface area (Å²) in [5.74, 6) is -0.936. The van der Waals surface area contributed by atoms with E-state index in [-0.39, 0.29) is 0 Å². The van der Waals surface area contributed by atoms with E-state index in [1.54, 1.807) is 12.1 Å². The molecule has 0 saturated heterocycles. The number of carboxylic acid groups (broad SMARTS) is 1. The molecule has 0 amide bonds. The SMILES string of the molecule is O=C(O)C=Cc1cc(F)ccc1Oc1ccc(Cl)c(Cl)c1. The highest BCUT2D eigenvalue weighted by Gasteiger charge is 2.07. The summed E-state index contributed by atoms with van der Waals surface area (Å²) in [5.41, 5.74) is 0.295. The van der Waals surface area contributed by atoms with E-state index in [0.717, 1.165) is 6.08 Å². The van der Waals surface area contributed by atoms with Crippen LogP contribution in [0.5, 0.6) is 11.5 Å². The van der Waals surface area contributed by atoms with Gasteiger partial charge in [-0.3, -0.25) is 0 Å². The predicted molar refractivity (Wildman–Crippen MR) is 79.6 cm³/mol. The van der Waals surface area contributed by atoms with Gasteiger partial charge < -0.3 is 9.84 Å². The molecule has 6 heteroatoms. The molecule has 1 N–H and O–H groups in total. The molecule has 2 rings (SSSR count). The Bertz CT molecular complexity index is 714. The lowest BCUT2D eigenvalue weighted by Crippen LogP contribution is -1.91. The summed E-state index contributed by atoms with van der Waals surface area (Å²) < 4.78 is 18.8. The average molecular weight is 327 g/mol. The standard InChI is InChI=1S/C15H9Cl2FO3/c16-12-4-3-11(8-13(12)17)21-14-5-2-10(18)7-9(14)1-6-15(19)20/h1-8H,(H,19,20). The Labute approximate surface area is 130 Å². The van der Waals surface area contributed by atoms with E-state index >= 15 is 0 Å². The van der Waals surface area contributed by atoms with Crippen LogP contribution in [0.25, 0.3) is 6.08 Å². The van der Waals surface area contributed by atoms with Crippen LogP contribution in [-0.4, -0.2) is 11.1 Å². The fourth-order valence-corrected chi connectivity index (χ4v) is 1.86. The summed E-state index contributed by atoms with van der Waals surface area (Å²) in [5, 5.41) is 9.34. The van der Waals surface area contributed by atoms with Crippen molar-refractivity contribution in [2.24, 2.45) is 0 Å². The van der Waals surface area contributed by atoms with Crippen molar-refractivity contribution in [2.75, 3.05) is 0 Å². The third-order valence-electron chi connectivity index (χ3n) is 2.50. The zero-order valence-electron chi connectivity index (χ0n) is 10.5. The molecule has 0 aliphatic heterocycles. The Morgan fingerprint density at radius 2 is 1.90 bits per heavy atom. The number of benzene rings is 2. The molecule has 0 aliphatic carbocycles. The third-order valence-corrected chi connectivity index (χ3v) is 3.24. The van der Waals surface area contributed by atoms with Crippen molar-refractivity contribution in [3.8, 4) is 11.5 Å². The highest BCUT2D eigenvalue weighted by molar-refractivity contribution is 6.42. The molecular formula is C15H9Cl2FO3. The molecule has 0 aromatic heterocycles. The van der Waals surface area contributed by atoms with E-state index in [1.807, 2.05) is 0 Å². The molecule has 0 fully saturated rings. The molecule has 2 aromatic carbocycles. The van der Waals surface area contributed by atoms with Crippen molar-refractivity contribution >= 4 is 35.2 Å². The van der Waals surface area contributed by atoms with E-state index in [1.165, 1.54) is 30.3 Å². The second kappa shape index (κ2) is 6.61. The van der Waals surface area contributed by atoms with Crippen molar-refractivity contribution in [3.63, 3.8) is 0 Å². The molecule has 2 aromatic rings. The maximum atomic E-state index is 13.3. The van der Waals surface area contributed by atoms with Gasteiger partial charge in [0.2, 0.25) is 0 Å². The lowest BCUT2D eigenvalue weighted by molar-refractivity contribution is -0.131. The van der Waals surface area contributed by atoms with Crippen molar-refractivity contribution in [1.82, 2.24) is 0 Å². The highest BCUT2D eigenvalue weighted by atomic mass is 35.5. The van der Waals surface area contributed by atoms with Crippen LogP contribution < -0.4 is 4.74 Å². The first kappa shape index (κ1) is 15.4. The van der Waals surface area contributed by atoms with Crippen LogP contribution in [0.3, 0.4) is 0 Å². The van der Waals surface area contributed by atoms with Crippen molar-refractivity contribution in [2.45, 2.75) is 0 Å². The monoisotopic (exact) mass is 326 g/mol. The van der Waals surface area contributed by atoms with Gasteiger partial charge >= 0.3 is 5.97 Å². The molecule has 108 valence electrons. The summed E-state index contributed by atoms with van der Waals surface area (Å²) in [4.78, 5) is 10.6. The van der Waals surface area contributed by atoms with Crippen LogP contribution in [0.1, 0.15) is 5.56 Å². The Balaban J connectivity index is 2.34. The average Bonchev–Trinajstić information content (AvgIpc) is 2.43. The largest absolute Gasteiger partial charge is 0.478 e. The first-order chi connectivity index (χ1) is 9.95. The van der Waals surface area contributed by atoms with Crippen LogP contribution >= 0.6 is 23.2 Å². The number of rotatable bonds is 4. The lowest BCUT2D eigenvalue weighted by atomic mass is 10.2. The summed E-state index contributed by atoms with van der Waals surface area (Å²) in [6, 6.07) is 8.46. The molecule has 21 heavy (non-hydrogen) atoms.